The fraction of sp³-hybridized carbons (Fsp3) is 0.333. The minimum absolute atomic E-state index is 0.00753. The van der Waals surface area contributed by atoms with Crippen LogP contribution in [0.2, 0.25) is 5.02 Å². The maximum Gasteiger partial charge on any atom is 0.182 e. The second-order valence-corrected chi connectivity index (χ2v) is 8.28. The number of likely N-dealkylation sites (N-methyl/N-ethyl adjacent to an activating group) is 1. The summed E-state index contributed by atoms with van der Waals surface area (Å²) in [7, 11) is -3.40. The SMILES string of the molecule is CCN1CCc2cc(CS(=O)(=O)c3cccc(Cl)c3C)ccc21. The van der Waals surface area contributed by atoms with Gasteiger partial charge in [0.2, 0.25) is 0 Å². The molecule has 3 rings (SSSR count). The highest BCUT2D eigenvalue weighted by Gasteiger charge is 2.22. The largest absolute Gasteiger partial charge is 0.371 e. The zero-order chi connectivity index (χ0) is 16.6. The molecule has 23 heavy (non-hydrogen) atoms. The van der Waals surface area contributed by atoms with Gasteiger partial charge in [-0.15, -0.1) is 0 Å². The zero-order valence-corrected chi connectivity index (χ0v) is 14.9. The maximum absolute atomic E-state index is 12.7. The third-order valence-corrected chi connectivity index (χ3v) is 6.66. The molecular formula is C18H20ClNO2S. The van der Waals surface area contributed by atoms with E-state index in [0.29, 0.717) is 15.5 Å². The van der Waals surface area contributed by atoms with E-state index >= 15 is 0 Å². The zero-order valence-electron chi connectivity index (χ0n) is 13.3. The minimum atomic E-state index is -3.40. The Bertz CT molecular complexity index is 846. The lowest BCUT2D eigenvalue weighted by molar-refractivity contribution is 0.594. The van der Waals surface area contributed by atoms with Gasteiger partial charge in [-0.25, -0.2) is 8.42 Å². The van der Waals surface area contributed by atoms with Crippen molar-refractivity contribution in [1.29, 1.82) is 0 Å². The molecule has 0 saturated heterocycles. The van der Waals surface area contributed by atoms with Crippen molar-refractivity contribution in [2.45, 2.75) is 30.9 Å². The average molecular weight is 350 g/mol. The van der Waals surface area contributed by atoms with Crippen LogP contribution in [0.1, 0.15) is 23.6 Å². The van der Waals surface area contributed by atoms with Gasteiger partial charge in [0.1, 0.15) is 0 Å². The van der Waals surface area contributed by atoms with Gasteiger partial charge in [-0.3, -0.25) is 0 Å². The van der Waals surface area contributed by atoms with E-state index in [1.54, 1.807) is 25.1 Å². The van der Waals surface area contributed by atoms with Crippen LogP contribution in [0.4, 0.5) is 5.69 Å². The molecule has 0 aliphatic carbocycles. The molecule has 0 fully saturated rings. The van der Waals surface area contributed by atoms with Crippen molar-refractivity contribution >= 4 is 27.1 Å². The number of rotatable bonds is 4. The summed E-state index contributed by atoms with van der Waals surface area (Å²) in [6, 6.07) is 11.0. The molecule has 0 aromatic heterocycles. The third kappa shape index (κ3) is 3.10. The molecule has 0 amide bonds. The van der Waals surface area contributed by atoms with Crippen LogP contribution in [0.3, 0.4) is 0 Å². The van der Waals surface area contributed by atoms with Crippen LogP contribution >= 0.6 is 11.6 Å². The van der Waals surface area contributed by atoms with Crippen molar-refractivity contribution < 1.29 is 8.42 Å². The van der Waals surface area contributed by atoms with Crippen molar-refractivity contribution in [3.8, 4) is 0 Å². The highest BCUT2D eigenvalue weighted by molar-refractivity contribution is 7.90. The van der Waals surface area contributed by atoms with Crippen LogP contribution in [-0.2, 0) is 22.0 Å². The first kappa shape index (κ1) is 16.3. The molecule has 1 aliphatic rings. The number of anilines is 1. The molecule has 0 bridgehead atoms. The Balaban J connectivity index is 1.91. The third-order valence-electron chi connectivity index (χ3n) is 4.43. The van der Waals surface area contributed by atoms with Crippen molar-refractivity contribution in [1.82, 2.24) is 0 Å². The topological polar surface area (TPSA) is 37.4 Å². The predicted octanol–water partition coefficient (Wildman–Crippen LogP) is 4.00. The van der Waals surface area contributed by atoms with Crippen LogP contribution in [0.25, 0.3) is 0 Å². The highest BCUT2D eigenvalue weighted by Crippen LogP contribution is 2.30. The lowest BCUT2D eigenvalue weighted by Gasteiger charge is -2.16. The summed E-state index contributed by atoms with van der Waals surface area (Å²) in [6.07, 6.45) is 0.979. The molecule has 2 aromatic carbocycles. The molecule has 122 valence electrons. The van der Waals surface area contributed by atoms with Crippen molar-refractivity contribution in [2.24, 2.45) is 0 Å². The molecule has 3 nitrogen and oxygen atoms in total. The smallest absolute Gasteiger partial charge is 0.182 e. The van der Waals surface area contributed by atoms with E-state index in [2.05, 4.69) is 11.8 Å². The van der Waals surface area contributed by atoms with Crippen LogP contribution in [0, 0.1) is 6.92 Å². The number of sulfone groups is 1. The van der Waals surface area contributed by atoms with E-state index in [1.165, 1.54) is 11.3 Å². The number of hydrogen-bond donors (Lipinski definition) is 0. The van der Waals surface area contributed by atoms with E-state index in [9.17, 15) is 8.42 Å². The second-order valence-electron chi connectivity index (χ2n) is 5.91. The van der Waals surface area contributed by atoms with Crippen LogP contribution in [0.5, 0.6) is 0 Å². The average Bonchev–Trinajstić information content (AvgIpc) is 2.91. The molecule has 0 N–H and O–H groups in total. The molecule has 0 saturated carbocycles. The van der Waals surface area contributed by atoms with E-state index < -0.39 is 9.84 Å². The van der Waals surface area contributed by atoms with E-state index in [4.69, 9.17) is 11.6 Å². The predicted molar refractivity (Wildman–Crippen MR) is 95.1 cm³/mol. The summed E-state index contributed by atoms with van der Waals surface area (Å²) >= 11 is 6.06. The van der Waals surface area contributed by atoms with Gasteiger partial charge in [0.05, 0.1) is 10.6 Å². The van der Waals surface area contributed by atoms with E-state index in [-0.39, 0.29) is 5.75 Å². The molecule has 0 atom stereocenters. The Morgan fingerprint density at radius 2 is 2.00 bits per heavy atom. The quantitative estimate of drug-likeness (QED) is 0.837. The Kier molecular flexibility index (Phi) is 4.39. The minimum Gasteiger partial charge on any atom is -0.371 e. The summed E-state index contributed by atoms with van der Waals surface area (Å²) in [6.45, 7) is 5.87. The van der Waals surface area contributed by atoms with Gasteiger partial charge in [-0.1, -0.05) is 29.8 Å². The molecule has 0 spiro atoms. The Labute approximate surface area is 142 Å². The van der Waals surface area contributed by atoms with Gasteiger partial charge in [0, 0.05) is 23.8 Å². The standard InChI is InChI=1S/C18H20ClNO2S/c1-3-20-10-9-15-11-14(7-8-17(15)20)12-23(21,22)18-6-4-5-16(19)13(18)2/h4-8,11H,3,9-10,12H2,1-2H3. The van der Waals surface area contributed by atoms with Gasteiger partial charge in [-0.05, 0) is 55.2 Å². The molecular weight excluding hydrogens is 330 g/mol. The normalized spacial score (nSPS) is 14.1. The summed E-state index contributed by atoms with van der Waals surface area (Å²) in [5.41, 5.74) is 3.92. The molecule has 1 heterocycles. The monoisotopic (exact) mass is 349 g/mol. The van der Waals surface area contributed by atoms with Crippen LogP contribution < -0.4 is 4.90 Å². The Morgan fingerprint density at radius 3 is 2.74 bits per heavy atom. The summed E-state index contributed by atoms with van der Waals surface area (Å²) in [4.78, 5) is 2.63. The lowest BCUT2D eigenvalue weighted by Crippen LogP contribution is -2.19. The van der Waals surface area contributed by atoms with Gasteiger partial charge in [0.15, 0.2) is 9.84 Å². The first-order chi connectivity index (χ1) is 10.9. The van der Waals surface area contributed by atoms with Crippen LogP contribution in [0.15, 0.2) is 41.3 Å². The fourth-order valence-corrected chi connectivity index (χ4v) is 5.03. The van der Waals surface area contributed by atoms with Crippen molar-refractivity contribution in [2.75, 3.05) is 18.0 Å². The van der Waals surface area contributed by atoms with E-state index in [0.717, 1.165) is 25.1 Å². The Hall–Kier alpha value is -1.52. The maximum atomic E-state index is 12.7. The number of nitrogens with zero attached hydrogens (tertiary/aromatic N) is 1. The first-order valence-electron chi connectivity index (χ1n) is 7.77. The summed E-state index contributed by atoms with van der Waals surface area (Å²) in [5.74, 6) is 0.00753. The van der Waals surface area contributed by atoms with Gasteiger partial charge >= 0.3 is 0 Å². The summed E-state index contributed by atoms with van der Waals surface area (Å²) < 4.78 is 25.5. The number of benzene rings is 2. The van der Waals surface area contributed by atoms with Gasteiger partial charge in [0.25, 0.3) is 0 Å². The fourth-order valence-electron chi connectivity index (χ4n) is 3.16. The van der Waals surface area contributed by atoms with Gasteiger partial charge in [-0.2, -0.15) is 0 Å². The molecule has 2 aromatic rings. The number of fused-ring (bicyclic) bond motifs is 1. The Morgan fingerprint density at radius 1 is 1.22 bits per heavy atom. The first-order valence-corrected chi connectivity index (χ1v) is 9.80. The van der Waals surface area contributed by atoms with Crippen molar-refractivity contribution in [3.05, 3.63) is 58.1 Å². The van der Waals surface area contributed by atoms with Gasteiger partial charge < -0.3 is 4.90 Å². The number of hydrogen-bond acceptors (Lipinski definition) is 3. The van der Waals surface area contributed by atoms with Crippen molar-refractivity contribution in [3.63, 3.8) is 0 Å². The second kappa shape index (κ2) is 6.17. The van der Waals surface area contributed by atoms with Crippen LogP contribution in [-0.4, -0.2) is 21.5 Å². The molecule has 0 unspecified atom stereocenters. The lowest BCUT2D eigenvalue weighted by atomic mass is 10.1. The number of halogens is 1. The highest BCUT2D eigenvalue weighted by atomic mass is 35.5. The molecule has 0 radical (unpaired) electrons. The molecule has 1 aliphatic heterocycles. The molecule has 5 heteroatoms. The van der Waals surface area contributed by atoms with E-state index in [1.807, 2.05) is 18.2 Å². The summed E-state index contributed by atoms with van der Waals surface area (Å²) in [5, 5.41) is 0.485.